The van der Waals surface area contributed by atoms with Crippen LogP contribution in [0, 0.1) is 0 Å². The number of nitrogens with one attached hydrogen (secondary N) is 2. The molecule has 1 atom stereocenters. The van der Waals surface area contributed by atoms with E-state index in [1.54, 1.807) is 0 Å². The van der Waals surface area contributed by atoms with Gasteiger partial charge < -0.3 is 27.7 Å². The minimum absolute atomic E-state index is 0.171. The number of hydrogen-bond donors (Lipinski definition) is 3. The largest absolute Gasteiger partial charge is 0.791 e. The number of amides is 2. The molecule has 0 aliphatic heterocycles. The SMILES string of the molecule is O=C(Nc1ccc2c(C(F)(F)F)cc(=O)oc2c1)NC(C[S-])CS. The molecule has 0 bridgehead atoms. The zero-order chi connectivity index (χ0) is 17.9. The van der Waals surface area contributed by atoms with Gasteiger partial charge in [-0.3, -0.25) is 0 Å². The minimum Gasteiger partial charge on any atom is -0.791 e. The van der Waals surface area contributed by atoms with Crippen LogP contribution in [-0.2, 0) is 18.8 Å². The summed E-state index contributed by atoms with van der Waals surface area (Å²) < 4.78 is 43.6. The third-order valence-corrected chi connectivity index (χ3v) is 3.91. The summed E-state index contributed by atoms with van der Waals surface area (Å²) in [6.45, 7) is 0. The highest BCUT2D eigenvalue weighted by Gasteiger charge is 2.33. The summed E-state index contributed by atoms with van der Waals surface area (Å²) in [4.78, 5) is 23.1. The molecule has 2 amide bonds. The van der Waals surface area contributed by atoms with Gasteiger partial charge in [0.1, 0.15) is 5.58 Å². The number of anilines is 1. The molecule has 0 saturated carbocycles. The molecular formula is C14H12F3N2O3S2-. The van der Waals surface area contributed by atoms with Crippen molar-refractivity contribution >= 4 is 47.9 Å². The molecule has 0 aliphatic rings. The second-order valence-electron chi connectivity index (χ2n) is 4.83. The van der Waals surface area contributed by atoms with E-state index >= 15 is 0 Å². The van der Waals surface area contributed by atoms with Crippen LogP contribution in [0.4, 0.5) is 23.7 Å². The molecule has 2 aromatic rings. The van der Waals surface area contributed by atoms with Crippen molar-refractivity contribution in [3.63, 3.8) is 0 Å². The molecule has 0 saturated heterocycles. The first-order valence-electron chi connectivity index (χ1n) is 6.66. The number of benzene rings is 1. The van der Waals surface area contributed by atoms with Gasteiger partial charge in [-0.25, -0.2) is 9.59 Å². The van der Waals surface area contributed by atoms with E-state index in [4.69, 9.17) is 17.0 Å². The van der Waals surface area contributed by atoms with Crippen LogP contribution in [0.5, 0.6) is 0 Å². The Hall–Kier alpha value is -1.81. The van der Waals surface area contributed by atoms with Gasteiger partial charge in [-0.15, -0.1) is 0 Å². The smallest absolute Gasteiger partial charge is 0.417 e. The van der Waals surface area contributed by atoms with Crippen LogP contribution in [0.2, 0.25) is 0 Å². The molecule has 24 heavy (non-hydrogen) atoms. The van der Waals surface area contributed by atoms with Gasteiger partial charge in [-0.2, -0.15) is 31.6 Å². The van der Waals surface area contributed by atoms with Crippen molar-refractivity contribution in [3.05, 3.63) is 40.2 Å². The molecule has 0 aliphatic carbocycles. The minimum atomic E-state index is -4.69. The Balaban J connectivity index is 2.32. The molecule has 5 nitrogen and oxygen atoms in total. The molecule has 1 aromatic carbocycles. The number of rotatable bonds is 4. The van der Waals surface area contributed by atoms with Crippen molar-refractivity contribution in [2.75, 3.05) is 16.8 Å². The molecule has 10 heteroatoms. The van der Waals surface area contributed by atoms with Gasteiger partial charge in [-0.1, -0.05) is 0 Å². The molecule has 1 unspecified atom stereocenters. The summed E-state index contributed by atoms with van der Waals surface area (Å²) in [5.41, 5.74) is -2.32. The van der Waals surface area contributed by atoms with E-state index in [-0.39, 0.29) is 28.5 Å². The van der Waals surface area contributed by atoms with Crippen molar-refractivity contribution in [2.45, 2.75) is 12.2 Å². The summed E-state index contributed by atoms with van der Waals surface area (Å²) in [6, 6.07) is 3.03. The number of carbonyl (C=O) groups is 1. The van der Waals surface area contributed by atoms with Crippen LogP contribution < -0.4 is 16.3 Å². The van der Waals surface area contributed by atoms with Gasteiger partial charge in [0.25, 0.3) is 0 Å². The molecule has 0 fully saturated rings. The second-order valence-corrected chi connectivity index (χ2v) is 5.53. The van der Waals surface area contributed by atoms with E-state index in [1.165, 1.54) is 6.07 Å². The molecule has 1 aromatic heterocycles. The van der Waals surface area contributed by atoms with Gasteiger partial charge >= 0.3 is 17.8 Å². The first-order valence-corrected chi connectivity index (χ1v) is 7.87. The average molecular weight is 377 g/mol. The van der Waals surface area contributed by atoms with Crippen LogP contribution in [0.25, 0.3) is 11.0 Å². The van der Waals surface area contributed by atoms with E-state index < -0.39 is 23.4 Å². The first kappa shape index (κ1) is 18.5. The molecular weight excluding hydrogens is 365 g/mol. The van der Waals surface area contributed by atoms with Gasteiger partial charge in [0.15, 0.2) is 0 Å². The van der Waals surface area contributed by atoms with Crippen LogP contribution in [0.15, 0.2) is 33.5 Å². The standard InChI is InChI=1S/C14H13F3N2O3S2/c15-14(16,17)10-4-12(20)22-11-3-7(1-2-9(10)11)18-13(21)19-8(5-23)6-24/h1-4,8,23-24H,5-6H2,(H2,18,19,21)/p-1. The van der Waals surface area contributed by atoms with E-state index in [9.17, 15) is 22.8 Å². The monoisotopic (exact) mass is 377 g/mol. The van der Waals surface area contributed by atoms with Gasteiger partial charge in [0.2, 0.25) is 0 Å². The van der Waals surface area contributed by atoms with Crippen molar-refractivity contribution in [1.29, 1.82) is 0 Å². The van der Waals surface area contributed by atoms with E-state index in [0.29, 0.717) is 11.8 Å². The molecule has 2 N–H and O–H groups in total. The number of fused-ring (bicyclic) bond motifs is 1. The summed E-state index contributed by atoms with van der Waals surface area (Å²) in [5.74, 6) is 0.608. The lowest BCUT2D eigenvalue weighted by atomic mass is 10.1. The Labute approximate surface area is 145 Å². The summed E-state index contributed by atoms with van der Waals surface area (Å²) in [7, 11) is 0. The number of halogens is 3. The first-order chi connectivity index (χ1) is 11.2. The number of urea groups is 1. The highest BCUT2D eigenvalue weighted by Crippen LogP contribution is 2.34. The van der Waals surface area contributed by atoms with E-state index in [0.717, 1.165) is 12.1 Å². The Morgan fingerprint density at radius 1 is 1.33 bits per heavy atom. The fourth-order valence-corrected chi connectivity index (χ4v) is 2.56. The number of alkyl halides is 3. The predicted octanol–water partition coefficient (Wildman–Crippen LogP) is 2.78. The molecule has 0 spiro atoms. The number of hydrogen-bond acceptors (Lipinski definition) is 5. The average Bonchev–Trinajstić information content (AvgIpc) is 2.50. The predicted molar refractivity (Wildman–Crippen MR) is 89.5 cm³/mol. The summed E-state index contributed by atoms with van der Waals surface area (Å²) in [5, 5.41) is 4.72. The zero-order valence-electron chi connectivity index (χ0n) is 12.0. The lowest BCUT2D eigenvalue weighted by Gasteiger charge is -2.19. The third kappa shape index (κ3) is 4.38. The highest BCUT2D eigenvalue weighted by molar-refractivity contribution is 7.80. The Kier molecular flexibility index (Phi) is 5.70. The Morgan fingerprint density at radius 2 is 2.04 bits per heavy atom. The Bertz CT molecular complexity index is 804. The van der Waals surface area contributed by atoms with Crippen molar-refractivity contribution in [2.24, 2.45) is 0 Å². The summed E-state index contributed by atoms with van der Waals surface area (Å²) >= 11 is 8.86. The lowest BCUT2D eigenvalue weighted by molar-refractivity contribution is -0.136. The molecule has 2 rings (SSSR count). The fraction of sp³-hybridized carbons (Fsp3) is 0.286. The van der Waals surface area contributed by atoms with E-state index in [1.807, 2.05) is 0 Å². The molecule has 1 heterocycles. The molecule has 130 valence electrons. The molecule has 0 radical (unpaired) electrons. The second kappa shape index (κ2) is 7.39. The van der Waals surface area contributed by atoms with Crippen LogP contribution >= 0.6 is 12.6 Å². The van der Waals surface area contributed by atoms with Gasteiger partial charge in [-0.05, 0) is 12.1 Å². The third-order valence-electron chi connectivity index (χ3n) is 3.06. The van der Waals surface area contributed by atoms with Crippen LogP contribution in [-0.4, -0.2) is 23.6 Å². The van der Waals surface area contributed by atoms with Gasteiger partial charge in [0, 0.05) is 35.0 Å². The maximum atomic E-state index is 13.0. The Morgan fingerprint density at radius 3 is 2.62 bits per heavy atom. The van der Waals surface area contributed by atoms with Crippen molar-refractivity contribution in [3.8, 4) is 0 Å². The fourth-order valence-electron chi connectivity index (χ4n) is 1.97. The van der Waals surface area contributed by atoms with Crippen molar-refractivity contribution in [1.82, 2.24) is 5.32 Å². The number of carbonyl (C=O) groups excluding carboxylic acids is 1. The summed E-state index contributed by atoms with van der Waals surface area (Å²) in [6.07, 6.45) is -4.69. The van der Waals surface area contributed by atoms with Crippen LogP contribution in [0.3, 0.4) is 0 Å². The lowest BCUT2D eigenvalue weighted by Crippen LogP contribution is -2.40. The topological polar surface area (TPSA) is 71.3 Å². The van der Waals surface area contributed by atoms with Crippen molar-refractivity contribution < 1.29 is 22.4 Å². The quantitative estimate of drug-likeness (QED) is 0.435. The van der Waals surface area contributed by atoms with Gasteiger partial charge in [0.05, 0.1) is 5.56 Å². The zero-order valence-corrected chi connectivity index (χ0v) is 13.7. The normalized spacial score (nSPS) is 12.9. The van der Waals surface area contributed by atoms with Crippen LogP contribution in [0.1, 0.15) is 5.56 Å². The maximum Gasteiger partial charge on any atom is 0.417 e. The number of thiol groups is 1. The maximum absolute atomic E-state index is 13.0. The van der Waals surface area contributed by atoms with E-state index in [2.05, 4.69) is 23.3 Å². The highest BCUT2D eigenvalue weighted by atomic mass is 32.1.